The number of hydrogen-bond donors (Lipinski definition) is 1. The predicted octanol–water partition coefficient (Wildman–Crippen LogP) is 4.17. The van der Waals surface area contributed by atoms with Crippen molar-refractivity contribution < 1.29 is 9.15 Å². The van der Waals surface area contributed by atoms with Gasteiger partial charge < -0.3 is 14.9 Å². The quantitative estimate of drug-likeness (QED) is 0.783. The molecule has 0 aliphatic rings. The van der Waals surface area contributed by atoms with Gasteiger partial charge in [0.1, 0.15) is 23.7 Å². The van der Waals surface area contributed by atoms with Crippen LogP contribution in [-0.4, -0.2) is 6.61 Å². The Morgan fingerprint density at radius 3 is 2.70 bits per heavy atom. The summed E-state index contributed by atoms with van der Waals surface area (Å²) in [5, 5.41) is 1.63. The third kappa shape index (κ3) is 2.79. The molecule has 0 saturated carbocycles. The van der Waals surface area contributed by atoms with Gasteiger partial charge in [-0.25, -0.2) is 0 Å². The number of furan rings is 1. The third-order valence-corrected chi connectivity index (χ3v) is 3.27. The Labute approximate surface area is 121 Å². The number of halogens is 1. The summed E-state index contributed by atoms with van der Waals surface area (Å²) in [7, 11) is 0. The molecule has 1 heterocycles. The second kappa shape index (κ2) is 5.57. The first-order valence-electron chi connectivity index (χ1n) is 6.35. The third-order valence-electron chi connectivity index (χ3n) is 3.04. The van der Waals surface area contributed by atoms with E-state index in [1.54, 1.807) is 6.07 Å². The van der Waals surface area contributed by atoms with Gasteiger partial charge >= 0.3 is 0 Å². The molecule has 0 aliphatic carbocycles. The lowest BCUT2D eigenvalue weighted by Gasteiger charge is -2.10. The van der Waals surface area contributed by atoms with Crippen LogP contribution in [0, 0.1) is 0 Å². The highest BCUT2D eigenvalue weighted by Crippen LogP contribution is 2.26. The van der Waals surface area contributed by atoms with E-state index in [0.717, 1.165) is 16.7 Å². The van der Waals surface area contributed by atoms with Gasteiger partial charge in [0.25, 0.3) is 0 Å². The smallest absolute Gasteiger partial charge is 0.134 e. The summed E-state index contributed by atoms with van der Waals surface area (Å²) in [6.07, 6.45) is 0. The molecule has 2 aromatic carbocycles. The molecular formula is C16H14ClNO2. The minimum Gasteiger partial charge on any atom is -0.491 e. The van der Waals surface area contributed by atoms with Gasteiger partial charge in [0.15, 0.2) is 0 Å². The van der Waals surface area contributed by atoms with Crippen molar-refractivity contribution >= 4 is 22.6 Å². The standard InChI is InChI=1S/C16H14ClNO2/c17-12-6-7-15-11(8-12)9-16(20-15)14(18)10-19-13-4-2-1-3-5-13/h1-9,14H,10,18H2. The maximum atomic E-state index is 6.09. The Morgan fingerprint density at radius 1 is 1.10 bits per heavy atom. The maximum absolute atomic E-state index is 6.09. The average molecular weight is 288 g/mol. The molecule has 3 nitrogen and oxygen atoms in total. The van der Waals surface area contributed by atoms with E-state index in [1.165, 1.54) is 0 Å². The number of para-hydroxylation sites is 1. The summed E-state index contributed by atoms with van der Waals surface area (Å²) < 4.78 is 11.3. The Hall–Kier alpha value is -1.97. The van der Waals surface area contributed by atoms with Crippen molar-refractivity contribution in [1.29, 1.82) is 0 Å². The fraction of sp³-hybridized carbons (Fsp3) is 0.125. The van der Waals surface area contributed by atoms with Crippen molar-refractivity contribution in [3.63, 3.8) is 0 Å². The van der Waals surface area contributed by atoms with E-state index in [0.29, 0.717) is 17.4 Å². The fourth-order valence-corrected chi connectivity index (χ4v) is 2.18. The number of benzene rings is 2. The van der Waals surface area contributed by atoms with Crippen LogP contribution < -0.4 is 10.5 Å². The average Bonchev–Trinajstić information content (AvgIpc) is 2.89. The van der Waals surface area contributed by atoms with E-state index in [1.807, 2.05) is 48.5 Å². The summed E-state index contributed by atoms with van der Waals surface area (Å²) in [4.78, 5) is 0. The summed E-state index contributed by atoms with van der Waals surface area (Å²) in [5.74, 6) is 1.49. The molecule has 3 rings (SSSR count). The molecule has 1 atom stereocenters. The predicted molar refractivity (Wildman–Crippen MR) is 80.1 cm³/mol. The highest BCUT2D eigenvalue weighted by atomic mass is 35.5. The monoisotopic (exact) mass is 287 g/mol. The van der Waals surface area contributed by atoms with Gasteiger partial charge in [-0.05, 0) is 36.4 Å². The Morgan fingerprint density at radius 2 is 1.90 bits per heavy atom. The molecule has 0 fully saturated rings. The van der Waals surface area contributed by atoms with Gasteiger partial charge in [-0.1, -0.05) is 29.8 Å². The van der Waals surface area contributed by atoms with Gasteiger partial charge in [-0.15, -0.1) is 0 Å². The van der Waals surface area contributed by atoms with Crippen LogP contribution >= 0.6 is 11.6 Å². The van der Waals surface area contributed by atoms with E-state index in [9.17, 15) is 0 Å². The number of ether oxygens (including phenoxy) is 1. The Balaban J connectivity index is 1.73. The van der Waals surface area contributed by atoms with Crippen LogP contribution in [0.5, 0.6) is 5.75 Å². The van der Waals surface area contributed by atoms with Crippen molar-refractivity contribution in [1.82, 2.24) is 0 Å². The van der Waals surface area contributed by atoms with E-state index in [4.69, 9.17) is 26.5 Å². The topological polar surface area (TPSA) is 48.4 Å². The summed E-state index contributed by atoms with van der Waals surface area (Å²) >= 11 is 5.95. The minimum absolute atomic E-state index is 0.318. The molecule has 2 N–H and O–H groups in total. The van der Waals surface area contributed by atoms with Crippen molar-refractivity contribution in [2.24, 2.45) is 5.73 Å². The minimum atomic E-state index is -0.318. The molecule has 0 spiro atoms. The molecule has 0 radical (unpaired) electrons. The van der Waals surface area contributed by atoms with E-state index >= 15 is 0 Å². The molecule has 102 valence electrons. The number of fused-ring (bicyclic) bond motifs is 1. The highest BCUT2D eigenvalue weighted by Gasteiger charge is 2.13. The van der Waals surface area contributed by atoms with Crippen LogP contribution in [0.25, 0.3) is 11.0 Å². The lowest BCUT2D eigenvalue weighted by molar-refractivity contribution is 0.275. The molecule has 0 amide bonds. The van der Waals surface area contributed by atoms with E-state index in [-0.39, 0.29) is 6.04 Å². The second-order valence-corrected chi connectivity index (χ2v) is 5.00. The molecule has 4 heteroatoms. The SMILES string of the molecule is NC(COc1ccccc1)c1cc2cc(Cl)ccc2o1. The molecule has 1 unspecified atom stereocenters. The molecule has 0 saturated heterocycles. The van der Waals surface area contributed by atoms with E-state index < -0.39 is 0 Å². The fourth-order valence-electron chi connectivity index (χ4n) is 2.00. The molecular weight excluding hydrogens is 274 g/mol. The Kier molecular flexibility index (Phi) is 3.63. The molecule has 0 bridgehead atoms. The van der Waals surface area contributed by atoms with Crippen molar-refractivity contribution in [3.05, 3.63) is 65.4 Å². The molecule has 20 heavy (non-hydrogen) atoms. The lowest BCUT2D eigenvalue weighted by atomic mass is 10.2. The number of nitrogens with two attached hydrogens (primary N) is 1. The second-order valence-electron chi connectivity index (χ2n) is 4.56. The normalized spacial score (nSPS) is 12.5. The zero-order chi connectivity index (χ0) is 13.9. The van der Waals surface area contributed by atoms with Crippen LogP contribution in [0.4, 0.5) is 0 Å². The first-order valence-corrected chi connectivity index (χ1v) is 6.72. The van der Waals surface area contributed by atoms with Gasteiger partial charge in [0, 0.05) is 10.4 Å². The van der Waals surface area contributed by atoms with Crippen LogP contribution in [0.2, 0.25) is 5.02 Å². The van der Waals surface area contributed by atoms with Gasteiger partial charge in [0.2, 0.25) is 0 Å². The summed E-state index contributed by atoms with van der Waals surface area (Å²) in [5.41, 5.74) is 6.87. The van der Waals surface area contributed by atoms with Gasteiger partial charge in [0.05, 0.1) is 6.04 Å². The Bertz CT molecular complexity index is 709. The van der Waals surface area contributed by atoms with Crippen molar-refractivity contribution in [2.75, 3.05) is 6.61 Å². The first kappa shape index (κ1) is 13.0. The zero-order valence-electron chi connectivity index (χ0n) is 10.8. The van der Waals surface area contributed by atoms with Crippen molar-refractivity contribution in [2.45, 2.75) is 6.04 Å². The molecule has 0 aliphatic heterocycles. The number of hydrogen-bond acceptors (Lipinski definition) is 3. The zero-order valence-corrected chi connectivity index (χ0v) is 11.5. The van der Waals surface area contributed by atoms with Gasteiger partial charge in [-0.2, -0.15) is 0 Å². The van der Waals surface area contributed by atoms with Crippen molar-refractivity contribution in [3.8, 4) is 5.75 Å². The van der Waals surface area contributed by atoms with E-state index in [2.05, 4.69) is 0 Å². The van der Waals surface area contributed by atoms with Crippen LogP contribution in [0.3, 0.4) is 0 Å². The maximum Gasteiger partial charge on any atom is 0.134 e. The summed E-state index contributed by atoms with van der Waals surface area (Å²) in [6, 6.07) is 16.6. The molecule has 3 aromatic rings. The summed E-state index contributed by atoms with van der Waals surface area (Å²) in [6.45, 7) is 0.359. The van der Waals surface area contributed by atoms with Crippen LogP contribution in [-0.2, 0) is 0 Å². The lowest BCUT2D eigenvalue weighted by Crippen LogP contribution is -2.18. The van der Waals surface area contributed by atoms with Gasteiger partial charge in [-0.3, -0.25) is 0 Å². The first-order chi connectivity index (χ1) is 9.72. The van der Waals surface area contributed by atoms with Crippen LogP contribution in [0.15, 0.2) is 59.0 Å². The van der Waals surface area contributed by atoms with Crippen LogP contribution in [0.1, 0.15) is 11.8 Å². The number of rotatable bonds is 4. The largest absolute Gasteiger partial charge is 0.491 e. The molecule has 1 aromatic heterocycles. The highest BCUT2D eigenvalue weighted by molar-refractivity contribution is 6.31.